The van der Waals surface area contributed by atoms with E-state index in [9.17, 15) is 14.5 Å². The molecule has 0 radical (unpaired) electrons. The number of nitrogens with zero attached hydrogens (tertiary/aromatic N) is 1. The minimum atomic E-state index is -0.468. The Bertz CT molecular complexity index is 409. The molecule has 94 valence electrons. The first-order valence-corrected chi connectivity index (χ1v) is 5.64. The fourth-order valence-corrected chi connectivity index (χ4v) is 1.82. The Hall–Kier alpha value is -1.49. The van der Waals surface area contributed by atoms with Gasteiger partial charge < -0.3 is 5.32 Å². The van der Waals surface area contributed by atoms with Crippen LogP contribution in [-0.2, 0) is 0 Å². The standard InChI is InChI=1S/C12H17FN2O2/c1-4-14-9(3)8(2)11-7-10(13)5-6-12(11)15(16)17/h5-9,14H,4H2,1-3H3. The number of nitrogens with one attached hydrogen (secondary N) is 1. The molecule has 0 saturated heterocycles. The molecule has 1 aromatic rings. The third-order valence-electron chi connectivity index (χ3n) is 2.95. The lowest BCUT2D eigenvalue weighted by atomic mass is 9.93. The maximum atomic E-state index is 13.2. The van der Waals surface area contributed by atoms with Gasteiger partial charge in [-0.3, -0.25) is 10.1 Å². The van der Waals surface area contributed by atoms with E-state index in [2.05, 4.69) is 5.32 Å². The summed E-state index contributed by atoms with van der Waals surface area (Å²) in [5.41, 5.74) is 0.409. The van der Waals surface area contributed by atoms with Crippen LogP contribution in [-0.4, -0.2) is 17.5 Å². The number of nitro benzene ring substituents is 1. The van der Waals surface area contributed by atoms with E-state index in [1.165, 1.54) is 12.1 Å². The molecular weight excluding hydrogens is 223 g/mol. The van der Waals surface area contributed by atoms with Crippen molar-refractivity contribution in [3.63, 3.8) is 0 Å². The van der Waals surface area contributed by atoms with Crippen LogP contribution in [0.25, 0.3) is 0 Å². The number of rotatable bonds is 5. The van der Waals surface area contributed by atoms with Crippen molar-refractivity contribution in [2.75, 3.05) is 6.54 Å². The van der Waals surface area contributed by atoms with Gasteiger partial charge in [-0.1, -0.05) is 13.8 Å². The molecule has 5 heteroatoms. The number of nitro groups is 1. The zero-order valence-corrected chi connectivity index (χ0v) is 10.2. The molecule has 0 heterocycles. The summed E-state index contributed by atoms with van der Waals surface area (Å²) in [5.74, 6) is -0.563. The van der Waals surface area contributed by atoms with Gasteiger partial charge in [-0.15, -0.1) is 0 Å². The average molecular weight is 240 g/mol. The monoisotopic (exact) mass is 240 g/mol. The molecule has 0 aliphatic rings. The molecule has 4 nitrogen and oxygen atoms in total. The van der Waals surface area contributed by atoms with Crippen molar-refractivity contribution in [2.24, 2.45) is 0 Å². The summed E-state index contributed by atoms with van der Waals surface area (Å²) in [4.78, 5) is 10.4. The van der Waals surface area contributed by atoms with Gasteiger partial charge in [-0.2, -0.15) is 0 Å². The zero-order valence-electron chi connectivity index (χ0n) is 10.2. The van der Waals surface area contributed by atoms with Crippen LogP contribution < -0.4 is 5.32 Å². The first-order valence-electron chi connectivity index (χ1n) is 5.64. The van der Waals surface area contributed by atoms with E-state index in [4.69, 9.17) is 0 Å². The van der Waals surface area contributed by atoms with Crippen LogP contribution in [0, 0.1) is 15.9 Å². The molecule has 17 heavy (non-hydrogen) atoms. The second kappa shape index (κ2) is 5.72. The Kier molecular flexibility index (Phi) is 4.57. The van der Waals surface area contributed by atoms with E-state index in [0.717, 1.165) is 12.6 Å². The topological polar surface area (TPSA) is 55.2 Å². The highest BCUT2D eigenvalue weighted by atomic mass is 19.1. The van der Waals surface area contributed by atoms with E-state index < -0.39 is 10.7 Å². The minimum Gasteiger partial charge on any atom is -0.314 e. The maximum Gasteiger partial charge on any atom is 0.273 e. The summed E-state index contributed by atoms with van der Waals surface area (Å²) in [5, 5.41) is 14.1. The third-order valence-corrected chi connectivity index (χ3v) is 2.95. The summed E-state index contributed by atoms with van der Waals surface area (Å²) in [6.45, 7) is 6.52. The Morgan fingerprint density at radius 3 is 2.65 bits per heavy atom. The predicted molar refractivity (Wildman–Crippen MR) is 64.6 cm³/mol. The lowest BCUT2D eigenvalue weighted by Gasteiger charge is -2.20. The number of hydrogen-bond acceptors (Lipinski definition) is 3. The molecule has 0 spiro atoms. The van der Waals surface area contributed by atoms with E-state index >= 15 is 0 Å². The highest BCUT2D eigenvalue weighted by Gasteiger charge is 2.23. The van der Waals surface area contributed by atoms with E-state index in [1.54, 1.807) is 0 Å². The van der Waals surface area contributed by atoms with Crippen molar-refractivity contribution >= 4 is 5.69 Å². The number of hydrogen-bond donors (Lipinski definition) is 1. The summed E-state index contributed by atoms with van der Waals surface area (Å²) in [7, 11) is 0. The molecule has 1 rings (SSSR count). The van der Waals surface area contributed by atoms with Crippen molar-refractivity contribution in [1.29, 1.82) is 0 Å². The van der Waals surface area contributed by atoms with Gasteiger partial charge in [0.15, 0.2) is 0 Å². The van der Waals surface area contributed by atoms with Gasteiger partial charge in [0.1, 0.15) is 5.82 Å². The molecule has 0 fully saturated rings. The van der Waals surface area contributed by atoms with Crippen LogP contribution in [0.2, 0.25) is 0 Å². The zero-order chi connectivity index (χ0) is 13.0. The fraction of sp³-hybridized carbons (Fsp3) is 0.500. The van der Waals surface area contributed by atoms with Gasteiger partial charge in [0.25, 0.3) is 5.69 Å². The molecule has 0 aliphatic heterocycles. The SMILES string of the molecule is CCNC(C)C(C)c1cc(F)ccc1[N+](=O)[O-]. The van der Waals surface area contributed by atoms with Gasteiger partial charge in [0.05, 0.1) is 4.92 Å². The molecule has 2 atom stereocenters. The highest BCUT2D eigenvalue weighted by Crippen LogP contribution is 2.29. The van der Waals surface area contributed by atoms with Crippen LogP contribution in [0.5, 0.6) is 0 Å². The van der Waals surface area contributed by atoms with Gasteiger partial charge in [0.2, 0.25) is 0 Å². The predicted octanol–water partition coefficient (Wildman–Crippen LogP) is 2.84. The Morgan fingerprint density at radius 2 is 2.12 bits per heavy atom. The number of benzene rings is 1. The summed E-state index contributed by atoms with van der Waals surface area (Å²) in [6, 6.07) is 3.64. The van der Waals surface area contributed by atoms with Gasteiger partial charge in [0, 0.05) is 23.6 Å². The van der Waals surface area contributed by atoms with Crippen LogP contribution in [0.4, 0.5) is 10.1 Å². The molecular formula is C12H17FN2O2. The van der Waals surface area contributed by atoms with Crippen LogP contribution in [0.1, 0.15) is 32.3 Å². The van der Waals surface area contributed by atoms with Crippen LogP contribution in [0.3, 0.4) is 0 Å². The highest BCUT2D eigenvalue weighted by molar-refractivity contribution is 5.43. The van der Waals surface area contributed by atoms with Crippen molar-refractivity contribution in [2.45, 2.75) is 32.7 Å². The molecule has 1 aromatic carbocycles. The second-order valence-corrected chi connectivity index (χ2v) is 4.10. The maximum absolute atomic E-state index is 13.2. The first kappa shape index (κ1) is 13.6. The fourth-order valence-electron chi connectivity index (χ4n) is 1.82. The van der Waals surface area contributed by atoms with Gasteiger partial charge >= 0.3 is 0 Å². The lowest BCUT2D eigenvalue weighted by Crippen LogP contribution is -2.30. The van der Waals surface area contributed by atoms with Gasteiger partial charge in [-0.25, -0.2) is 4.39 Å². The van der Waals surface area contributed by atoms with E-state index in [1.807, 2.05) is 20.8 Å². The number of halogens is 1. The Morgan fingerprint density at radius 1 is 1.47 bits per heavy atom. The smallest absolute Gasteiger partial charge is 0.273 e. The quantitative estimate of drug-likeness (QED) is 0.636. The molecule has 0 saturated carbocycles. The van der Waals surface area contributed by atoms with Crippen LogP contribution in [0.15, 0.2) is 18.2 Å². The Balaban J connectivity index is 3.10. The second-order valence-electron chi connectivity index (χ2n) is 4.10. The Labute approximate surface area is 100.0 Å². The van der Waals surface area contributed by atoms with Crippen molar-refractivity contribution in [1.82, 2.24) is 5.32 Å². The summed E-state index contributed by atoms with van der Waals surface area (Å²) >= 11 is 0. The van der Waals surface area contributed by atoms with Gasteiger partial charge in [-0.05, 0) is 25.6 Å². The minimum absolute atomic E-state index is 0.0244. The van der Waals surface area contributed by atoms with Crippen LogP contribution >= 0.6 is 0 Å². The van der Waals surface area contributed by atoms with Crippen molar-refractivity contribution in [3.05, 3.63) is 39.7 Å². The summed E-state index contributed by atoms with van der Waals surface area (Å²) < 4.78 is 13.2. The van der Waals surface area contributed by atoms with E-state index in [0.29, 0.717) is 5.56 Å². The molecule has 2 unspecified atom stereocenters. The lowest BCUT2D eigenvalue weighted by molar-refractivity contribution is -0.385. The molecule has 0 aliphatic carbocycles. The normalized spacial score (nSPS) is 14.4. The first-order chi connectivity index (χ1) is 7.97. The molecule has 0 bridgehead atoms. The third kappa shape index (κ3) is 3.23. The van der Waals surface area contributed by atoms with Crippen molar-refractivity contribution < 1.29 is 9.31 Å². The molecule has 0 amide bonds. The summed E-state index contributed by atoms with van der Waals surface area (Å²) in [6.07, 6.45) is 0. The molecule has 0 aromatic heterocycles. The van der Waals surface area contributed by atoms with Crippen molar-refractivity contribution in [3.8, 4) is 0 Å². The largest absolute Gasteiger partial charge is 0.314 e. The molecule has 1 N–H and O–H groups in total. The number of likely N-dealkylation sites (N-methyl/N-ethyl adjacent to an activating group) is 1. The average Bonchev–Trinajstić information content (AvgIpc) is 2.27. The van der Waals surface area contributed by atoms with E-state index in [-0.39, 0.29) is 17.6 Å².